The van der Waals surface area contributed by atoms with Gasteiger partial charge in [-0.25, -0.2) is 13.5 Å². The van der Waals surface area contributed by atoms with Crippen molar-refractivity contribution in [1.82, 2.24) is 15.0 Å². The Morgan fingerprint density at radius 2 is 2.12 bits per heavy atom. The van der Waals surface area contributed by atoms with Gasteiger partial charge in [0.25, 0.3) is 0 Å². The van der Waals surface area contributed by atoms with Crippen LogP contribution in [-0.2, 0) is 6.54 Å². The number of rotatable bonds is 2. The summed E-state index contributed by atoms with van der Waals surface area (Å²) in [6.07, 6.45) is 1.38. The summed E-state index contributed by atoms with van der Waals surface area (Å²) >= 11 is 0. The third-order valence-corrected chi connectivity index (χ3v) is 2.30. The van der Waals surface area contributed by atoms with Crippen LogP contribution in [0.4, 0.5) is 8.78 Å². The summed E-state index contributed by atoms with van der Waals surface area (Å²) in [5, 5.41) is 7.21. The number of nitrogens with zero attached hydrogens (tertiary/aromatic N) is 3. The molecule has 0 atom stereocenters. The van der Waals surface area contributed by atoms with Crippen molar-refractivity contribution in [2.75, 3.05) is 0 Å². The van der Waals surface area contributed by atoms with Crippen molar-refractivity contribution in [2.24, 2.45) is 5.73 Å². The van der Waals surface area contributed by atoms with Gasteiger partial charge in [-0.15, -0.1) is 5.10 Å². The van der Waals surface area contributed by atoms with Crippen LogP contribution in [0, 0.1) is 18.6 Å². The SMILES string of the molecule is Cc1ccc(F)c(-n2nncc2CN)c1F. The standard InChI is InChI=1S/C10H10F2N4/c1-6-2-3-8(11)10(9(6)12)16-7(4-13)5-14-15-16/h2-3,5H,4,13H2,1H3. The van der Waals surface area contributed by atoms with Gasteiger partial charge in [0.1, 0.15) is 5.69 Å². The molecule has 0 saturated heterocycles. The van der Waals surface area contributed by atoms with Crippen LogP contribution in [0.25, 0.3) is 5.69 Å². The average molecular weight is 224 g/mol. The highest BCUT2D eigenvalue weighted by molar-refractivity contribution is 5.39. The van der Waals surface area contributed by atoms with E-state index in [-0.39, 0.29) is 12.2 Å². The Kier molecular flexibility index (Phi) is 2.66. The molecule has 1 aromatic carbocycles. The smallest absolute Gasteiger partial charge is 0.154 e. The van der Waals surface area contributed by atoms with Crippen LogP contribution in [0.1, 0.15) is 11.3 Å². The van der Waals surface area contributed by atoms with Crippen molar-refractivity contribution < 1.29 is 8.78 Å². The number of benzene rings is 1. The van der Waals surface area contributed by atoms with Crippen molar-refractivity contribution in [3.8, 4) is 5.69 Å². The van der Waals surface area contributed by atoms with Gasteiger partial charge in [-0.05, 0) is 18.6 Å². The Bertz CT molecular complexity index is 522. The van der Waals surface area contributed by atoms with Gasteiger partial charge in [0.05, 0.1) is 11.9 Å². The minimum Gasteiger partial charge on any atom is -0.325 e. The highest BCUT2D eigenvalue weighted by atomic mass is 19.1. The van der Waals surface area contributed by atoms with Gasteiger partial charge >= 0.3 is 0 Å². The number of nitrogens with two attached hydrogens (primary N) is 1. The van der Waals surface area contributed by atoms with E-state index < -0.39 is 11.6 Å². The molecule has 0 aliphatic rings. The fourth-order valence-electron chi connectivity index (χ4n) is 1.42. The number of hydrogen-bond donors (Lipinski definition) is 1. The third kappa shape index (κ3) is 1.57. The highest BCUT2D eigenvalue weighted by Crippen LogP contribution is 2.20. The third-order valence-electron chi connectivity index (χ3n) is 2.30. The number of aromatic nitrogens is 3. The molecule has 84 valence electrons. The second kappa shape index (κ2) is 3.97. The molecule has 2 aromatic rings. The monoisotopic (exact) mass is 224 g/mol. The van der Waals surface area contributed by atoms with Crippen molar-refractivity contribution >= 4 is 0 Å². The molecule has 0 fully saturated rings. The minimum atomic E-state index is -0.691. The van der Waals surface area contributed by atoms with E-state index in [1.54, 1.807) is 6.92 Å². The summed E-state index contributed by atoms with van der Waals surface area (Å²) in [4.78, 5) is 0. The second-order valence-electron chi connectivity index (χ2n) is 3.37. The predicted molar refractivity (Wildman–Crippen MR) is 53.9 cm³/mol. The quantitative estimate of drug-likeness (QED) is 0.836. The first-order valence-corrected chi connectivity index (χ1v) is 4.69. The summed E-state index contributed by atoms with van der Waals surface area (Å²) in [5.74, 6) is -1.34. The van der Waals surface area contributed by atoms with Gasteiger partial charge in [-0.2, -0.15) is 0 Å². The Morgan fingerprint density at radius 3 is 2.81 bits per heavy atom. The molecule has 2 N–H and O–H groups in total. The fraction of sp³-hybridized carbons (Fsp3) is 0.200. The molecule has 0 spiro atoms. The molecule has 0 unspecified atom stereocenters. The van der Waals surface area contributed by atoms with E-state index in [1.807, 2.05) is 0 Å². The van der Waals surface area contributed by atoms with Crippen LogP contribution in [0.5, 0.6) is 0 Å². The van der Waals surface area contributed by atoms with Gasteiger partial charge in [-0.1, -0.05) is 11.3 Å². The molecule has 2 rings (SSSR count). The van der Waals surface area contributed by atoms with E-state index in [4.69, 9.17) is 5.73 Å². The summed E-state index contributed by atoms with van der Waals surface area (Å²) < 4.78 is 28.4. The first-order chi connectivity index (χ1) is 7.65. The largest absolute Gasteiger partial charge is 0.325 e. The Morgan fingerprint density at radius 1 is 1.38 bits per heavy atom. The fourth-order valence-corrected chi connectivity index (χ4v) is 1.42. The van der Waals surface area contributed by atoms with Crippen LogP contribution in [-0.4, -0.2) is 15.0 Å². The maximum atomic E-state index is 13.8. The topological polar surface area (TPSA) is 56.7 Å². The van der Waals surface area contributed by atoms with E-state index in [0.717, 1.165) is 4.68 Å². The van der Waals surface area contributed by atoms with Gasteiger partial charge in [0, 0.05) is 6.54 Å². The normalized spacial score (nSPS) is 10.8. The number of aryl methyl sites for hydroxylation is 1. The zero-order chi connectivity index (χ0) is 11.7. The molecule has 6 heteroatoms. The van der Waals surface area contributed by atoms with Gasteiger partial charge in [0.2, 0.25) is 0 Å². The molecule has 0 saturated carbocycles. The van der Waals surface area contributed by atoms with E-state index in [1.165, 1.54) is 18.3 Å². The number of hydrogen-bond acceptors (Lipinski definition) is 3. The lowest BCUT2D eigenvalue weighted by Gasteiger charge is -2.08. The molecule has 16 heavy (non-hydrogen) atoms. The van der Waals surface area contributed by atoms with Gasteiger partial charge in [-0.3, -0.25) is 0 Å². The summed E-state index contributed by atoms with van der Waals surface area (Å²) in [5.41, 5.74) is 5.98. The van der Waals surface area contributed by atoms with Gasteiger partial charge in [0.15, 0.2) is 11.6 Å². The molecule has 4 nitrogen and oxygen atoms in total. The summed E-state index contributed by atoms with van der Waals surface area (Å²) in [6, 6.07) is 2.56. The molecular weight excluding hydrogens is 214 g/mol. The van der Waals surface area contributed by atoms with Crippen LogP contribution >= 0.6 is 0 Å². The zero-order valence-electron chi connectivity index (χ0n) is 8.61. The molecule has 0 amide bonds. The van der Waals surface area contributed by atoms with E-state index in [2.05, 4.69) is 10.3 Å². The zero-order valence-corrected chi connectivity index (χ0v) is 8.61. The Balaban J connectivity index is 2.68. The number of halogens is 2. The minimum absolute atomic E-state index is 0.111. The molecule has 1 heterocycles. The first-order valence-electron chi connectivity index (χ1n) is 4.69. The maximum absolute atomic E-state index is 13.8. The lowest BCUT2D eigenvalue weighted by molar-refractivity contribution is 0.546. The lowest BCUT2D eigenvalue weighted by atomic mass is 10.2. The highest BCUT2D eigenvalue weighted by Gasteiger charge is 2.16. The summed E-state index contributed by atoms with van der Waals surface area (Å²) in [6.45, 7) is 1.66. The van der Waals surface area contributed by atoms with Crippen molar-refractivity contribution in [3.63, 3.8) is 0 Å². The Labute approximate surface area is 90.7 Å². The molecular formula is C10H10F2N4. The van der Waals surface area contributed by atoms with Gasteiger partial charge < -0.3 is 5.73 Å². The second-order valence-corrected chi connectivity index (χ2v) is 3.37. The molecule has 0 radical (unpaired) electrons. The van der Waals surface area contributed by atoms with Crippen molar-refractivity contribution in [3.05, 3.63) is 41.2 Å². The van der Waals surface area contributed by atoms with Crippen molar-refractivity contribution in [1.29, 1.82) is 0 Å². The molecule has 0 aliphatic heterocycles. The summed E-state index contributed by atoms with van der Waals surface area (Å²) in [7, 11) is 0. The lowest BCUT2D eigenvalue weighted by Crippen LogP contribution is -2.11. The molecule has 1 aromatic heterocycles. The van der Waals surface area contributed by atoms with Crippen LogP contribution in [0.15, 0.2) is 18.3 Å². The van der Waals surface area contributed by atoms with E-state index in [0.29, 0.717) is 11.3 Å². The van der Waals surface area contributed by atoms with Crippen molar-refractivity contribution in [2.45, 2.75) is 13.5 Å². The molecule has 0 aliphatic carbocycles. The average Bonchev–Trinajstić information content (AvgIpc) is 2.72. The Hall–Kier alpha value is -1.82. The maximum Gasteiger partial charge on any atom is 0.154 e. The van der Waals surface area contributed by atoms with Crippen LogP contribution < -0.4 is 5.73 Å². The first kappa shape index (κ1) is 10.7. The van der Waals surface area contributed by atoms with Crippen LogP contribution in [0.2, 0.25) is 0 Å². The predicted octanol–water partition coefficient (Wildman–Crippen LogP) is 1.31. The van der Waals surface area contributed by atoms with E-state index in [9.17, 15) is 8.78 Å². The van der Waals surface area contributed by atoms with Crippen LogP contribution in [0.3, 0.4) is 0 Å². The van der Waals surface area contributed by atoms with E-state index >= 15 is 0 Å². The molecule has 0 bridgehead atoms.